The molecule has 0 bridgehead atoms. The highest BCUT2D eigenvalue weighted by Gasteiger charge is 2.35. The Bertz CT molecular complexity index is 740. The minimum absolute atomic E-state index is 0.0125. The molecular formula is C16H21N7O. The summed E-state index contributed by atoms with van der Waals surface area (Å²) in [6.45, 7) is 4.06. The van der Waals surface area contributed by atoms with Crippen LogP contribution < -0.4 is 5.32 Å². The molecule has 0 aliphatic carbocycles. The molecule has 0 saturated carbocycles. The first-order valence-corrected chi connectivity index (χ1v) is 7.90. The summed E-state index contributed by atoms with van der Waals surface area (Å²) in [5.41, 5.74) is 0.902. The molecule has 8 nitrogen and oxygen atoms in total. The third-order valence-corrected chi connectivity index (χ3v) is 4.09. The fraction of sp³-hybridized carbons (Fsp3) is 0.500. The summed E-state index contributed by atoms with van der Waals surface area (Å²) in [4.78, 5) is 14.6. The molecule has 2 aromatic rings. The van der Waals surface area contributed by atoms with Crippen LogP contribution in [0, 0.1) is 11.8 Å². The van der Waals surface area contributed by atoms with Gasteiger partial charge in [-0.25, -0.2) is 4.68 Å². The normalized spacial score (nSPS) is 20.6. The van der Waals surface area contributed by atoms with Crippen molar-refractivity contribution in [2.45, 2.75) is 25.4 Å². The first-order valence-electron chi connectivity index (χ1n) is 7.90. The second kappa shape index (κ2) is 7.27. The van der Waals surface area contributed by atoms with Gasteiger partial charge in [0.05, 0.1) is 37.4 Å². The molecule has 8 heteroatoms. The summed E-state index contributed by atoms with van der Waals surface area (Å²) in [6.07, 6.45) is 7.38. The number of amides is 1. The second-order valence-electron chi connectivity index (χ2n) is 5.94. The van der Waals surface area contributed by atoms with Crippen LogP contribution in [-0.4, -0.2) is 61.3 Å². The highest BCUT2D eigenvalue weighted by molar-refractivity contribution is 5.78. The molecule has 2 atom stereocenters. The van der Waals surface area contributed by atoms with Crippen LogP contribution in [0.5, 0.6) is 0 Å². The quantitative estimate of drug-likeness (QED) is 0.757. The van der Waals surface area contributed by atoms with Crippen molar-refractivity contribution >= 4 is 5.91 Å². The van der Waals surface area contributed by atoms with E-state index >= 15 is 0 Å². The summed E-state index contributed by atoms with van der Waals surface area (Å²) in [5, 5.41) is 15.2. The maximum atomic E-state index is 12.4. The van der Waals surface area contributed by atoms with Crippen molar-refractivity contribution in [1.82, 2.24) is 35.0 Å². The van der Waals surface area contributed by atoms with Crippen molar-refractivity contribution in [1.29, 1.82) is 0 Å². The smallest absolute Gasteiger partial charge is 0.224 e. The van der Waals surface area contributed by atoms with Crippen LogP contribution in [0.1, 0.15) is 18.5 Å². The van der Waals surface area contributed by atoms with E-state index in [0.717, 1.165) is 18.7 Å². The number of carbonyl (C=O) groups is 1. The molecule has 126 valence electrons. The van der Waals surface area contributed by atoms with Crippen LogP contribution >= 0.6 is 0 Å². The SMILES string of the molecule is CC#CCN1C[C@@H](NC(=O)Cc2cnn(C)c2)[C@@H](n2ccnn2)C1. The van der Waals surface area contributed by atoms with Crippen molar-refractivity contribution < 1.29 is 4.79 Å². The highest BCUT2D eigenvalue weighted by Crippen LogP contribution is 2.21. The summed E-state index contributed by atoms with van der Waals surface area (Å²) in [6, 6.07) is 0.0403. The van der Waals surface area contributed by atoms with Gasteiger partial charge in [-0.15, -0.1) is 11.0 Å². The lowest BCUT2D eigenvalue weighted by Crippen LogP contribution is -2.42. The number of carbonyl (C=O) groups excluding carboxylic acids is 1. The minimum Gasteiger partial charge on any atom is -0.350 e. The number of nitrogens with zero attached hydrogens (tertiary/aromatic N) is 6. The molecule has 1 aliphatic heterocycles. The van der Waals surface area contributed by atoms with Crippen LogP contribution in [0.4, 0.5) is 0 Å². The third-order valence-electron chi connectivity index (χ3n) is 4.09. The molecule has 1 aliphatic rings. The summed E-state index contributed by atoms with van der Waals surface area (Å²) >= 11 is 0. The van der Waals surface area contributed by atoms with Crippen LogP contribution in [0.2, 0.25) is 0 Å². The fourth-order valence-electron chi connectivity index (χ4n) is 3.00. The number of rotatable bonds is 5. The Morgan fingerprint density at radius 1 is 1.46 bits per heavy atom. The van der Waals surface area contributed by atoms with Gasteiger partial charge in [0, 0.05) is 32.5 Å². The van der Waals surface area contributed by atoms with Crippen molar-refractivity contribution in [3.8, 4) is 11.8 Å². The largest absolute Gasteiger partial charge is 0.350 e. The van der Waals surface area contributed by atoms with Crippen molar-refractivity contribution in [3.63, 3.8) is 0 Å². The Morgan fingerprint density at radius 3 is 3.00 bits per heavy atom. The maximum absolute atomic E-state index is 12.4. The molecule has 1 fully saturated rings. The lowest BCUT2D eigenvalue weighted by molar-refractivity contribution is -0.121. The number of hydrogen-bond donors (Lipinski definition) is 1. The average Bonchev–Trinajstić information content (AvgIpc) is 3.26. The van der Waals surface area contributed by atoms with Crippen molar-refractivity contribution in [2.24, 2.45) is 7.05 Å². The number of likely N-dealkylation sites (tertiary alicyclic amines) is 1. The van der Waals surface area contributed by atoms with Crippen LogP contribution in [0.3, 0.4) is 0 Å². The topological polar surface area (TPSA) is 80.9 Å². The molecule has 3 rings (SSSR count). The Morgan fingerprint density at radius 2 is 2.33 bits per heavy atom. The lowest BCUT2D eigenvalue weighted by atomic mass is 10.1. The monoisotopic (exact) mass is 327 g/mol. The Hall–Kier alpha value is -2.66. The van der Waals surface area contributed by atoms with Gasteiger partial charge in [-0.2, -0.15) is 5.10 Å². The number of hydrogen-bond acceptors (Lipinski definition) is 5. The Balaban J connectivity index is 1.66. The Kier molecular flexibility index (Phi) is 4.91. The van der Waals surface area contributed by atoms with E-state index in [-0.39, 0.29) is 18.0 Å². The van der Waals surface area contributed by atoms with Gasteiger partial charge >= 0.3 is 0 Å². The summed E-state index contributed by atoms with van der Waals surface area (Å²) in [7, 11) is 1.84. The lowest BCUT2D eigenvalue weighted by Gasteiger charge is -2.19. The molecule has 1 saturated heterocycles. The predicted octanol–water partition coefficient (Wildman–Crippen LogP) is -0.381. The molecule has 1 amide bonds. The number of nitrogens with one attached hydrogen (secondary N) is 1. The van der Waals surface area contributed by atoms with Gasteiger partial charge in [0.15, 0.2) is 0 Å². The molecule has 0 radical (unpaired) electrons. The van der Waals surface area contributed by atoms with E-state index < -0.39 is 0 Å². The first kappa shape index (κ1) is 16.2. The zero-order chi connectivity index (χ0) is 16.9. The van der Waals surface area contributed by atoms with E-state index in [0.29, 0.717) is 13.0 Å². The molecule has 0 spiro atoms. The van der Waals surface area contributed by atoms with E-state index in [9.17, 15) is 4.79 Å². The molecule has 24 heavy (non-hydrogen) atoms. The molecule has 2 aromatic heterocycles. The van der Waals surface area contributed by atoms with E-state index in [1.165, 1.54) is 0 Å². The molecule has 0 aromatic carbocycles. The zero-order valence-corrected chi connectivity index (χ0v) is 13.9. The Labute approximate surface area is 140 Å². The van der Waals surface area contributed by atoms with E-state index in [2.05, 4.69) is 37.5 Å². The first-order chi connectivity index (χ1) is 11.7. The molecule has 3 heterocycles. The molecule has 0 unspecified atom stereocenters. The highest BCUT2D eigenvalue weighted by atomic mass is 16.1. The van der Waals surface area contributed by atoms with Gasteiger partial charge in [-0.3, -0.25) is 14.4 Å². The van der Waals surface area contributed by atoms with Gasteiger partial charge in [-0.05, 0) is 12.5 Å². The van der Waals surface area contributed by atoms with Crippen LogP contribution in [0.25, 0.3) is 0 Å². The van der Waals surface area contributed by atoms with Crippen LogP contribution in [-0.2, 0) is 18.3 Å². The van der Waals surface area contributed by atoms with Crippen molar-refractivity contribution in [3.05, 3.63) is 30.4 Å². The number of aromatic nitrogens is 5. The van der Waals surface area contributed by atoms with Gasteiger partial charge in [0.2, 0.25) is 5.91 Å². The minimum atomic E-state index is -0.0190. The van der Waals surface area contributed by atoms with Crippen molar-refractivity contribution in [2.75, 3.05) is 19.6 Å². The number of aryl methyl sites for hydroxylation is 1. The van der Waals surface area contributed by atoms with Gasteiger partial charge < -0.3 is 5.32 Å². The fourth-order valence-corrected chi connectivity index (χ4v) is 3.00. The molecular weight excluding hydrogens is 306 g/mol. The average molecular weight is 327 g/mol. The predicted molar refractivity (Wildman–Crippen MR) is 87.8 cm³/mol. The maximum Gasteiger partial charge on any atom is 0.224 e. The summed E-state index contributed by atoms with van der Waals surface area (Å²) < 4.78 is 3.51. The van der Waals surface area contributed by atoms with Crippen LogP contribution in [0.15, 0.2) is 24.8 Å². The van der Waals surface area contributed by atoms with Gasteiger partial charge in [-0.1, -0.05) is 11.1 Å². The van der Waals surface area contributed by atoms with E-state index in [4.69, 9.17) is 0 Å². The standard InChI is InChI=1S/C16H21N7O/c1-3-4-6-22-11-14(15(12-22)23-7-5-17-20-23)19-16(24)8-13-9-18-21(2)10-13/h5,7,9-10,14-15H,6,8,11-12H2,1-2H3,(H,19,24)/t14-,15+/m1/s1. The zero-order valence-electron chi connectivity index (χ0n) is 13.9. The summed E-state index contributed by atoms with van der Waals surface area (Å²) in [5.74, 6) is 5.98. The van der Waals surface area contributed by atoms with Gasteiger partial charge in [0.1, 0.15) is 0 Å². The second-order valence-corrected chi connectivity index (χ2v) is 5.94. The van der Waals surface area contributed by atoms with Gasteiger partial charge in [0.25, 0.3) is 0 Å². The third kappa shape index (κ3) is 3.81. The van der Waals surface area contributed by atoms with E-state index in [1.54, 1.807) is 17.1 Å². The van der Waals surface area contributed by atoms with E-state index in [1.807, 2.05) is 31.0 Å². The molecule has 1 N–H and O–H groups in total.